The molecule has 28 heavy (non-hydrogen) atoms. The monoisotopic (exact) mass is 379 g/mol. The lowest BCUT2D eigenvalue weighted by molar-refractivity contribution is 0.0220. The number of likely N-dealkylation sites (tertiary alicyclic amines) is 1. The number of hydrogen-bond acceptors (Lipinski definition) is 3. The smallest absolute Gasteiger partial charge is 0.409 e. The van der Waals surface area contributed by atoms with Crippen LogP contribution in [-0.2, 0) is 4.74 Å². The molecule has 1 aliphatic heterocycles. The zero-order chi connectivity index (χ0) is 19.9. The summed E-state index contributed by atoms with van der Waals surface area (Å²) in [5.74, 6) is 0.0733. The molecule has 0 spiro atoms. The molecule has 1 unspecified atom stereocenters. The predicted octanol–water partition coefficient (Wildman–Crippen LogP) is 4.67. The van der Waals surface area contributed by atoms with E-state index in [0.29, 0.717) is 19.7 Å². The first-order chi connectivity index (χ1) is 13.4. The molecule has 2 aromatic carbocycles. The molecule has 1 aliphatic carbocycles. The van der Waals surface area contributed by atoms with E-state index in [1.165, 1.54) is 22.3 Å². The van der Waals surface area contributed by atoms with Crippen molar-refractivity contribution in [2.75, 3.05) is 26.3 Å². The Balaban J connectivity index is 1.48. The Kier molecular flexibility index (Phi) is 4.70. The third-order valence-corrected chi connectivity index (χ3v) is 6.84. The van der Waals surface area contributed by atoms with Crippen LogP contribution in [0.15, 0.2) is 48.5 Å². The van der Waals surface area contributed by atoms with E-state index < -0.39 is 0 Å². The fourth-order valence-corrected chi connectivity index (χ4v) is 4.69. The largest absolute Gasteiger partial charge is 0.448 e. The van der Waals surface area contributed by atoms with E-state index in [-0.39, 0.29) is 29.4 Å². The minimum absolute atomic E-state index is 0.0693. The maximum atomic E-state index is 12.8. The van der Waals surface area contributed by atoms with Crippen LogP contribution in [0.1, 0.15) is 44.2 Å². The van der Waals surface area contributed by atoms with Crippen molar-refractivity contribution in [1.29, 1.82) is 0 Å². The van der Waals surface area contributed by atoms with E-state index in [9.17, 15) is 9.90 Å². The van der Waals surface area contributed by atoms with Gasteiger partial charge in [-0.2, -0.15) is 0 Å². The first-order valence-electron chi connectivity index (χ1n) is 10.1. The van der Waals surface area contributed by atoms with Gasteiger partial charge in [0.2, 0.25) is 0 Å². The maximum Gasteiger partial charge on any atom is 0.409 e. The number of ether oxygens (including phenoxy) is 1. The molecule has 0 bridgehead atoms. The lowest BCUT2D eigenvalue weighted by Gasteiger charge is -2.40. The highest BCUT2D eigenvalue weighted by Crippen LogP contribution is 2.46. The molecular formula is C24H29NO3. The Morgan fingerprint density at radius 2 is 1.68 bits per heavy atom. The number of hydrogen-bond donors (Lipinski definition) is 1. The Bertz CT molecular complexity index is 840. The fraction of sp³-hybridized carbons (Fsp3) is 0.458. The lowest BCUT2D eigenvalue weighted by Crippen LogP contribution is -2.43. The molecule has 0 aromatic heterocycles. The zero-order valence-corrected chi connectivity index (χ0v) is 16.9. The maximum absolute atomic E-state index is 12.8. The van der Waals surface area contributed by atoms with Crippen LogP contribution in [0.2, 0.25) is 0 Å². The van der Waals surface area contributed by atoms with Gasteiger partial charge in [0.05, 0.1) is 6.61 Å². The molecule has 1 heterocycles. The average molecular weight is 380 g/mol. The molecule has 1 atom stereocenters. The van der Waals surface area contributed by atoms with Crippen molar-refractivity contribution >= 4 is 6.09 Å². The molecule has 1 saturated heterocycles. The van der Waals surface area contributed by atoms with E-state index in [2.05, 4.69) is 57.2 Å². The van der Waals surface area contributed by atoms with Gasteiger partial charge in [0.15, 0.2) is 0 Å². The van der Waals surface area contributed by atoms with Crippen LogP contribution in [0.5, 0.6) is 0 Å². The number of aliphatic hydroxyl groups is 1. The molecule has 2 aromatic rings. The van der Waals surface area contributed by atoms with Crippen LogP contribution in [0.4, 0.5) is 4.79 Å². The Morgan fingerprint density at radius 1 is 1.11 bits per heavy atom. The van der Waals surface area contributed by atoms with Crippen molar-refractivity contribution in [2.24, 2.45) is 10.8 Å². The zero-order valence-electron chi connectivity index (χ0n) is 16.9. The van der Waals surface area contributed by atoms with E-state index >= 15 is 0 Å². The minimum Gasteiger partial charge on any atom is -0.448 e. The van der Waals surface area contributed by atoms with Crippen molar-refractivity contribution in [3.8, 4) is 11.1 Å². The Morgan fingerprint density at radius 3 is 2.18 bits per heavy atom. The predicted molar refractivity (Wildman–Crippen MR) is 110 cm³/mol. The quantitative estimate of drug-likeness (QED) is 0.843. The molecular weight excluding hydrogens is 350 g/mol. The molecule has 148 valence electrons. The van der Waals surface area contributed by atoms with E-state index in [1.807, 2.05) is 12.1 Å². The molecule has 4 nitrogen and oxygen atoms in total. The summed E-state index contributed by atoms with van der Waals surface area (Å²) in [6.07, 6.45) is 0.526. The molecule has 2 aliphatic rings. The summed E-state index contributed by atoms with van der Waals surface area (Å²) < 4.78 is 5.78. The number of nitrogens with zero attached hydrogens (tertiary/aromatic N) is 1. The number of benzene rings is 2. The van der Waals surface area contributed by atoms with Gasteiger partial charge in [0.1, 0.15) is 6.61 Å². The highest BCUT2D eigenvalue weighted by Gasteiger charge is 2.48. The number of amides is 1. The number of carbonyl (C=O) groups is 1. The van der Waals surface area contributed by atoms with Crippen molar-refractivity contribution in [3.05, 3.63) is 59.7 Å². The lowest BCUT2D eigenvalue weighted by atomic mass is 9.66. The molecule has 1 fully saturated rings. The highest BCUT2D eigenvalue weighted by molar-refractivity contribution is 5.79. The second kappa shape index (κ2) is 6.93. The van der Waals surface area contributed by atoms with Gasteiger partial charge in [-0.3, -0.25) is 0 Å². The molecule has 0 saturated carbocycles. The molecule has 0 radical (unpaired) electrons. The van der Waals surface area contributed by atoms with Gasteiger partial charge in [-0.1, -0.05) is 69.3 Å². The van der Waals surface area contributed by atoms with Gasteiger partial charge in [0, 0.05) is 24.4 Å². The summed E-state index contributed by atoms with van der Waals surface area (Å²) in [7, 11) is 0. The first-order valence-corrected chi connectivity index (χ1v) is 10.1. The van der Waals surface area contributed by atoms with E-state index in [4.69, 9.17) is 4.74 Å². The molecule has 4 rings (SSSR count). The van der Waals surface area contributed by atoms with Crippen LogP contribution in [0.25, 0.3) is 11.1 Å². The van der Waals surface area contributed by atoms with Crippen LogP contribution in [-0.4, -0.2) is 42.4 Å². The highest BCUT2D eigenvalue weighted by atomic mass is 16.6. The van der Waals surface area contributed by atoms with Gasteiger partial charge >= 0.3 is 6.09 Å². The fourth-order valence-electron chi connectivity index (χ4n) is 4.69. The number of aliphatic hydroxyl groups excluding tert-OH is 1. The summed E-state index contributed by atoms with van der Waals surface area (Å²) >= 11 is 0. The number of rotatable bonds is 3. The molecule has 1 amide bonds. The second-order valence-electron chi connectivity index (χ2n) is 9.16. The van der Waals surface area contributed by atoms with E-state index in [0.717, 1.165) is 6.42 Å². The van der Waals surface area contributed by atoms with Crippen LogP contribution >= 0.6 is 0 Å². The van der Waals surface area contributed by atoms with Crippen LogP contribution in [0.3, 0.4) is 0 Å². The summed E-state index contributed by atoms with van der Waals surface area (Å²) in [5, 5.41) is 9.99. The summed E-state index contributed by atoms with van der Waals surface area (Å²) in [5.41, 5.74) is 4.56. The Hall–Kier alpha value is -2.33. The van der Waals surface area contributed by atoms with Crippen LogP contribution in [0, 0.1) is 10.8 Å². The Labute approximate surface area is 167 Å². The van der Waals surface area contributed by atoms with Gasteiger partial charge in [-0.15, -0.1) is 0 Å². The van der Waals surface area contributed by atoms with Crippen molar-refractivity contribution in [1.82, 2.24) is 4.90 Å². The topological polar surface area (TPSA) is 49.8 Å². The number of carbonyl (C=O) groups excluding carboxylic acids is 1. The third-order valence-electron chi connectivity index (χ3n) is 6.84. The van der Waals surface area contributed by atoms with Crippen molar-refractivity contribution in [2.45, 2.75) is 33.1 Å². The standard InChI is InChI=1S/C24H29NO3/c1-23(2,3)24(16-26)12-13-25(15-24)22(27)28-14-21-19-10-6-4-8-17(19)18-9-5-7-11-20(18)21/h4-11,21,26H,12-16H2,1-3H3. The van der Waals surface area contributed by atoms with Gasteiger partial charge in [0.25, 0.3) is 0 Å². The van der Waals surface area contributed by atoms with Gasteiger partial charge in [-0.25, -0.2) is 4.79 Å². The number of fused-ring (bicyclic) bond motifs is 3. The average Bonchev–Trinajstić information content (AvgIpc) is 3.27. The van der Waals surface area contributed by atoms with Crippen molar-refractivity contribution < 1.29 is 14.6 Å². The second-order valence-corrected chi connectivity index (χ2v) is 9.16. The summed E-state index contributed by atoms with van der Waals surface area (Å²) in [4.78, 5) is 14.5. The molecule has 1 N–H and O–H groups in total. The van der Waals surface area contributed by atoms with E-state index in [1.54, 1.807) is 4.90 Å². The normalized spacial score (nSPS) is 21.5. The van der Waals surface area contributed by atoms with Crippen LogP contribution < -0.4 is 0 Å². The minimum atomic E-state index is -0.276. The van der Waals surface area contributed by atoms with Gasteiger partial charge < -0.3 is 14.7 Å². The summed E-state index contributed by atoms with van der Waals surface area (Å²) in [6, 6.07) is 16.7. The third kappa shape index (κ3) is 3.00. The van der Waals surface area contributed by atoms with Crippen molar-refractivity contribution in [3.63, 3.8) is 0 Å². The molecule has 4 heteroatoms. The first kappa shape index (κ1) is 19.0. The SMILES string of the molecule is CC(C)(C)C1(CO)CCN(C(=O)OCC2c3ccccc3-c3ccccc32)C1. The van der Waals surface area contributed by atoms with Gasteiger partial charge in [-0.05, 0) is 34.1 Å². The summed E-state index contributed by atoms with van der Waals surface area (Å²) in [6.45, 7) is 7.99.